The van der Waals surface area contributed by atoms with Crippen molar-refractivity contribution < 1.29 is 4.79 Å². The topological polar surface area (TPSA) is 85.8 Å². The van der Waals surface area contributed by atoms with Gasteiger partial charge >= 0.3 is 0 Å². The maximum atomic E-state index is 11.0. The number of hydrogen-bond acceptors (Lipinski definition) is 4. The number of nitrogens with two attached hydrogens (primary N) is 1. The van der Waals surface area contributed by atoms with Crippen molar-refractivity contribution in [3.63, 3.8) is 0 Å². The van der Waals surface area contributed by atoms with Gasteiger partial charge in [-0.3, -0.25) is 14.5 Å². The maximum Gasteiger partial charge on any atom is 0.267 e. The Labute approximate surface area is 98.5 Å². The minimum atomic E-state index is -0.533. The van der Waals surface area contributed by atoms with E-state index in [4.69, 9.17) is 5.73 Å². The second-order valence-electron chi connectivity index (χ2n) is 3.59. The third kappa shape index (κ3) is 2.60. The van der Waals surface area contributed by atoms with Gasteiger partial charge in [-0.05, 0) is 18.2 Å². The number of amides is 1. The van der Waals surface area contributed by atoms with Crippen LogP contribution in [0.2, 0.25) is 0 Å². The molecule has 17 heavy (non-hydrogen) atoms. The van der Waals surface area contributed by atoms with Gasteiger partial charge in [-0.2, -0.15) is 5.10 Å². The monoisotopic (exact) mass is 231 g/mol. The standard InChI is InChI=1S/C11H13N5O/c1-16-9(3-5-15-16)7-14-8-2-4-13-10(6-8)11(12)17/h2-6H,7H2,1H3,(H2,12,17)(H,13,14). The van der Waals surface area contributed by atoms with Crippen molar-refractivity contribution in [2.75, 3.05) is 5.32 Å². The molecule has 0 radical (unpaired) electrons. The fourth-order valence-electron chi connectivity index (χ4n) is 1.44. The number of anilines is 1. The predicted octanol–water partition coefficient (Wildman–Crippen LogP) is 0.526. The van der Waals surface area contributed by atoms with E-state index in [0.29, 0.717) is 6.54 Å². The average Bonchev–Trinajstić information content (AvgIpc) is 2.72. The third-order valence-electron chi connectivity index (χ3n) is 2.41. The maximum absolute atomic E-state index is 11.0. The first kappa shape index (κ1) is 11.1. The summed E-state index contributed by atoms with van der Waals surface area (Å²) in [6, 6.07) is 5.32. The van der Waals surface area contributed by atoms with E-state index in [1.54, 1.807) is 29.2 Å². The second kappa shape index (κ2) is 4.65. The molecule has 0 aromatic carbocycles. The number of hydrogen-bond donors (Lipinski definition) is 2. The van der Waals surface area contributed by atoms with Crippen LogP contribution in [0.25, 0.3) is 0 Å². The zero-order chi connectivity index (χ0) is 12.3. The molecule has 0 fully saturated rings. The van der Waals surface area contributed by atoms with Gasteiger partial charge in [-0.15, -0.1) is 0 Å². The van der Waals surface area contributed by atoms with Gasteiger partial charge in [0.05, 0.1) is 12.2 Å². The van der Waals surface area contributed by atoms with Crippen LogP contribution in [0.15, 0.2) is 30.6 Å². The summed E-state index contributed by atoms with van der Waals surface area (Å²) in [5.74, 6) is -0.533. The molecule has 0 aliphatic carbocycles. The minimum absolute atomic E-state index is 0.250. The van der Waals surface area contributed by atoms with E-state index in [1.165, 1.54) is 0 Å². The Hall–Kier alpha value is -2.37. The van der Waals surface area contributed by atoms with E-state index in [9.17, 15) is 4.79 Å². The molecule has 0 unspecified atom stereocenters. The highest BCUT2D eigenvalue weighted by Gasteiger charge is 2.03. The van der Waals surface area contributed by atoms with Crippen molar-refractivity contribution in [1.29, 1.82) is 0 Å². The van der Waals surface area contributed by atoms with Crippen molar-refractivity contribution in [1.82, 2.24) is 14.8 Å². The number of nitrogens with one attached hydrogen (secondary N) is 1. The quantitative estimate of drug-likeness (QED) is 0.803. The molecule has 6 nitrogen and oxygen atoms in total. The van der Waals surface area contributed by atoms with Crippen LogP contribution in [-0.4, -0.2) is 20.7 Å². The molecule has 0 aliphatic heterocycles. The molecule has 0 saturated carbocycles. The first-order valence-electron chi connectivity index (χ1n) is 5.13. The Bertz CT molecular complexity index is 534. The van der Waals surface area contributed by atoms with Crippen molar-refractivity contribution in [3.8, 4) is 0 Å². The number of carbonyl (C=O) groups is 1. The lowest BCUT2D eigenvalue weighted by atomic mass is 10.3. The van der Waals surface area contributed by atoms with E-state index < -0.39 is 5.91 Å². The van der Waals surface area contributed by atoms with Gasteiger partial charge in [0.15, 0.2) is 0 Å². The Balaban J connectivity index is 2.07. The number of pyridine rings is 1. The number of aromatic nitrogens is 3. The van der Waals surface area contributed by atoms with Crippen molar-refractivity contribution in [3.05, 3.63) is 42.0 Å². The van der Waals surface area contributed by atoms with Crippen LogP contribution in [0, 0.1) is 0 Å². The van der Waals surface area contributed by atoms with Gasteiger partial charge in [0.2, 0.25) is 0 Å². The summed E-state index contributed by atoms with van der Waals surface area (Å²) >= 11 is 0. The van der Waals surface area contributed by atoms with Crippen LogP contribution in [0.1, 0.15) is 16.2 Å². The fraction of sp³-hybridized carbons (Fsp3) is 0.182. The number of carbonyl (C=O) groups excluding carboxylic acids is 1. The molecule has 2 aromatic rings. The lowest BCUT2D eigenvalue weighted by molar-refractivity contribution is 0.0995. The van der Waals surface area contributed by atoms with Gasteiger partial charge in [-0.25, -0.2) is 0 Å². The highest BCUT2D eigenvalue weighted by molar-refractivity contribution is 5.91. The first-order valence-corrected chi connectivity index (χ1v) is 5.13. The molecule has 2 aromatic heterocycles. The summed E-state index contributed by atoms with van der Waals surface area (Å²) < 4.78 is 1.78. The van der Waals surface area contributed by atoms with Crippen LogP contribution >= 0.6 is 0 Å². The molecule has 0 saturated heterocycles. The van der Waals surface area contributed by atoms with E-state index >= 15 is 0 Å². The largest absolute Gasteiger partial charge is 0.379 e. The van der Waals surface area contributed by atoms with Gasteiger partial charge in [-0.1, -0.05) is 0 Å². The Morgan fingerprint density at radius 3 is 2.94 bits per heavy atom. The number of rotatable bonds is 4. The van der Waals surface area contributed by atoms with E-state index in [-0.39, 0.29) is 5.69 Å². The second-order valence-corrected chi connectivity index (χ2v) is 3.59. The summed E-state index contributed by atoms with van der Waals surface area (Å²) in [7, 11) is 1.87. The van der Waals surface area contributed by atoms with Crippen LogP contribution in [0.3, 0.4) is 0 Å². The first-order chi connectivity index (χ1) is 8.16. The molecule has 0 spiro atoms. The summed E-state index contributed by atoms with van der Waals surface area (Å²) in [4.78, 5) is 14.8. The smallest absolute Gasteiger partial charge is 0.267 e. The van der Waals surface area contributed by atoms with Gasteiger partial charge < -0.3 is 11.1 Å². The molecule has 0 bridgehead atoms. The van der Waals surface area contributed by atoms with Gasteiger partial charge in [0, 0.05) is 25.1 Å². The summed E-state index contributed by atoms with van der Waals surface area (Å²) in [6.07, 6.45) is 3.28. The zero-order valence-electron chi connectivity index (χ0n) is 9.42. The van der Waals surface area contributed by atoms with Crippen LogP contribution in [0.5, 0.6) is 0 Å². The molecule has 1 amide bonds. The minimum Gasteiger partial charge on any atom is -0.379 e. The summed E-state index contributed by atoms with van der Waals surface area (Å²) in [5.41, 5.74) is 7.25. The van der Waals surface area contributed by atoms with E-state index in [2.05, 4.69) is 15.4 Å². The molecular weight excluding hydrogens is 218 g/mol. The van der Waals surface area contributed by atoms with E-state index in [0.717, 1.165) is 11.4 Å². The zero-order valence-corrected chi connectivity index (χ0v) is 9.42. The Kier molecular flexibility index (Phi) is 3.04. The lowest BCUT2D eigenvalue weighted by Crippen LogP contribution is -2.13. The summed E-state index contributed by atoms with van der Waals surface area (Å²) in [5, 5.41) is 7.24. The van der Waals surface area contributed by atoms with Gasteiger partial charge in [0.25, 0.3) is 5.91 Å². The highest BCUT2D eigenvalue weighted by atomic mass is 16.1. The Morgan fingerprint density at radius 2 is 2.29 bits per heavy atom. The van der Waals surface area contributed by atoms with Crippen LogP contribution in [-0.2, 0) is 13.6 Å². The normalized spacial score (nSPS) is 10.2. The average molecular weight is 231 g/mol. The molecule has 88 valence electrons. The van der Waals surface area contributed by atoms with Crippen LogP contribution in [0.4, 0.5) is 5.69 Å². The number of aryl methyl sites for hydroxylation is 1. The van der Waals surface area contributed by atoms with Gasteiger partial charge in [0.1, 0.15) is 5.69 Å². The number of primary amides is 1. The SMILES string of the molecule is Cn1nccc1CNc1ccnc(C(N)=O)c1. The van der Waals surface area contributed by atoms with Crippen LogP contribution < -0.4 is 11.1 Å². The van der Waals surface area contributed by atoms with Crippen molar-refractivity contribution in [2.45, 2.75) is 6.54 Å². The summed E-state index contributed by atoms with van der Waals surface area (Å²) in [6.45, 7) is 0.624. The molecule has 2 rings (SSSR count). The lowest BCUT2D eigenvalue weighted by Gasteiger charge is -2.07. The number of nitrogens with zero attached hydrogens (tertiary/aromatic N) is 3. The molecule has 0 atom stereocenters. The fourth-order valence-corrected chi connectivity index (χ4v) is 1.44. The molecule has 0 aliphatic rings. The highest BCUT2D eigenvalue weighted by Crippen LogP contribution is 2.09. The van der Waals surface area contributed by atoms with Crippen molar-refractivity contribution >= 4 is 11.6 Å². The van der Waals surface area contributed by atoms with E-state index in [1.807, 2.05) is 13.1 Å². The third-order valence-corrected chi connectivity index (χ3v) is 2.41. The molecular formula is C11H13N5O. The Morgan fingerprint density at radius 1 is 1.47 bits per heavy atom. The predicted molar refractivity (Wildman–Crippen MR) is 63.3 cm³/mol. The molecule has 6 heteroatoms. The van der Waals surface area contributed by atoms with Crippen molar-refractivity contribution in [2.24, 2.45) is 12.8 Å². The molecule has 3 N–H and O–H groups in total. The molecule has 2 heterocycles.